The van der Waals surface area contributed by atoms with Crippen molar-refractivity contribution in [1.82, 2.24) is 25.1 Å². The number of thiazole rings is 1. The highest BCUT2D eigenvalue weighted by atomic mass is 32.1. The molecule has 1 saturated carbocycles. The average Bonchev–Trinajstić information content (AvgIpc) is 3.20. The fourth-order valence-corrected chi connectivity index (χ4v) is 3.80. The molecule has 0 radical (unpaired) electrons. The molecule has 0 unspecified atom stereocenters. The summed E-state index contributed by atoms with van der Waals surface area (Å²) in [6, 6.07) is 0.704. The second kappa shape index (κ2) is 7.00. The van der Waals surface area contributed by atoms with Crippen LogP contribution in [0.5, 0.6) is 0 Å². The highest BCUT2D eigenvalue weighted by Gasteiger charge is 2.24. The van der Waals surface area contributed by atoms with E-state index in [0.717, 1.165) is 43.5 Å². The summed E-state index contributed by atoms with van der Waals surface area (Å²) in [4.78, 5) is 16.7. The van der Waals surface area contributed by atoms with Crippen molar-refractivity contribution in [2.75, 3.05) is 0 Å². The van der Waals surface area contributed by atoms with Gasteiger partial charge in [0.1, 0.15) is 18.3 Å². The molecule has 0 atom stereocenters. The smallest absolute Gasteiger partial charge is 0.270 e. The molecular formula is C15H21N5OS. The van der Waals surface area contributed by atoms with Crippen molar-refractivity contribution in [3.63, 3.8) is 0 Å². The molecule has 22 heavy (non-hydrogen) atoms. The fourth-order valence-electron chi connectivity index (χ4n) is 2.92. The molecule has 0 saturated heterocycles. The van der Waals surface area contributed by atoms with Gasteiger partial charge in [0.05, 0.1) is 5.01 Å². The van der Waals surface area contributed by atoms with Gasteiger partial charge < -0.3 is 9.88 Å². The molecule has 6 nitrogen and oxygen atoms in total. The minimum atomic E-state index is -0.0358. The SMILES string of the molecule is CCCc1nc(C(=O)NC2CCC(n3cnnc3)CC2)cs1. The van der Waals surface area contributed by atoms with E-state index in [-0.39, 0.29) is 11.9 Å². The lowest BCUT2D eigenvalue weighted by Gasteiger charge is -2.29. The Bertz CT molecular complexity index is 601. The molecule has 2 aromatic heterocycles. The van der Waals surface area contributed by atoms with Crippen molar-refractivity contribution >= 4 is 17.2 Å². The molecule has 118 valence electrons. The molecule has 0 spiro atoms. The van der Waals surface area contributed by atoms with Crippen LogP contribution < -0.4 is 5.32 Å². The zero-order valence-electron chi connectivity index (χ0n) is 12.7. The monoisotopic (exact) mass is 319 g/mol. The van der Waals surface area contributed by atoms with E-state index in [0.29, 0.717) is 11.7 Å². The number of aryl methyl sites for hydroxylation is 1. The number of hydrogen-bond donors (Lipinski definition) is 1. The highest BCUT2D eigenvalue weighted by Crippen LogP contribution is 2.28. The summed E-state index contributed by atoms with van der Waals surface area (Å²) in [5.41, 5.74) is 0.564. The number of nitrogens with zero attached hydrogens (tertiary/aromatic N) is 4. The van der Waals surface area contributed by atoms with Gasteiger partial charge in [0.2, 0.25) is 0 Å². The molecule has 1 aliphatic carbocycles. The third-order valence-electron chi connectivity index (χ3n) is 4.14. The summed E-state index contributed by atoms with van der Waals surface area (Å²) < 4.78 is 2.06. The van der Waals surface area contributed by atoms with Crippen LogP contribution in [0.4, 0.5) is 0 Å². The third-order valence-corrected chi connectivity index (χ3v) is 5.05. The zero-order chi connectivity index (χ0) is 15.4. The molecule has 0 aliphatic heterocycles. The molecule has 2 heterocycles. The zero-order valence-corrected chi connectivity index (χ0v) is 13.6. The van der Waals surface area contributed by atoms with Gasteiger partial charge in [-0.05, 0) is 38.5 Å². The van der Waals surface area contributed by atoms with Gasteiger partial charge in [-0.3, -0.25) is 4.79 Å². The normalized spacial score (nSPS) is 21.7. The van der Waals surface area contributed by atoms with Crippen molar-refractivity contribution in [1.29, 1.82) is 0 Å². The van der Waals surface area contributed by atoms with E-state index in [2.05, 4.69) is 32.0 Å². The van der Waals surface area contributed by atoms with Gasteiger partial charge in [0, 0.05) is 17.5 Å². The Balaban J connectivity index is 1.50. The van der Waals surface area contributed by atoms with Gasteiger partial charge in [0.15, 0.2) is 0 Å². The van der Waals surface area contributed by atoms with Crippen molar-refractivity contribution in [2.45, 2.75) is 57.5 Å². The van der Waals surface area contributed by atoms with Crippen LogP contribution in [0.3, 0.4) is 0 Å². The van der Waals surface area contributed by atoms with Crippen LogP contribution in [0.15, 0.2) is 18.0 Å². The standard InChI is InChI=1S/C15H21N5OS/c1-2-3-14-19-13(8-22-14)15(21)18-11-4-6-12(7-5-11)20-9-16-17-10-20/h8-12H,2-7H2,1H3,(H,18,21). The highest BCUT2D eigenvalue weighted by molar-refractivity contribution is 7.09. The third kappa shape index (κ3) is 3.52. The maximum absolute atomic E-state index is 12.2. The average molecular weight is 319 g/mol. The first kappa shape index (κ1) is 15.1. The van der Waals surface area contributed by atoms with Gasteiger partial charge in [-0.25, -0.2) is 4.98 Å². The summed E-state index contributed by atoms with van der Waals surface area (Å²) in [5, 5.41) is 13.7. The molecule has 3 rings (SSSR count). The van der Waals surface area contributed by atoms with Crippen LogP contribution in [0.1, 0.15) is 60.6 Å². The number of aromatic nitrogens is 4. The van der Waals surface area contributed by atoms with Crippen molar-refractivity contribution < 1.29 is 4.79 Å². The van der Waals surface area contributed by atoms with Crippen LogP contribution in [0.2, 0.25) is 0 Å². The molecule has 7 heteroatoms. The lowest BCUT2D eigenvalue weighted by Crippen LogP contribution is -2.38. The van der Waals surface area contributed by atoms with Crippen molar-refractivity contribution in [2.24, 2.45) is 0 Å². The molecule has 0 aromatic carbocycles. The van der Waals surface area contributed by atoms with Crippen molar-refractivity contribution in [3.8, 4) is 0 Å². The summed E-state index contributed by atoms with van der Waals surface area (Å²) in [5.74, 6) is -0.0358. The fraction of sp³-hybridized carbons (Fsp3) is 0.600. The summed E-state index contributed by atoms with van der Waals surface area (Å²) >= 11 is 1.57. The number of rotatable bonds is 5. The van der Waals surface area contributed by atoms with E-state index in [1.807, 2.05) is 5.38 Å². The van der Waals surface area contributed by atoms with Crippen LogP contribution in [0, 0.1) is 0 Å². The lowest BCUT2D eigenvalue weighted by molar-refractivity contribution is 0.0918. The van der Waals surface area contributed by atoms with E-state index in [9.17, 15) is 4.79 Å². The summed E-state index contributed by atoms with van der Waals surface area (Å²) in [6.07, 6.45) is 9.61. The molecular weight excluding hydrogens is 298 g/mol. The Labute approximate surface area is 134 Å². The molecule has 1 amide bonds. The minimum absolute atomic E-state index is 0.0358. The topological polar surface area (TPSA) is 72.7 Å². The van der Waals surface area contributed by atoms with Crippen LogP contribution in [0.25, 0.3) is 0 Å². The van der Waals surface area contributed by atoms with E-state index < -0.39 is 0 Å². The van der Waals surface area contributed by atoms with E-state index in [1.54, 1.807) is 24.0 Å². The maximum Gasteiger partial charge on any atom is 0.270 e. The molecule has 2 aromatic rings. The molecule has 0 bridgehead atoms. The summed E-state index contributed by atoms with van der Waals surface area (Å²) in [6.45, 7) is 2.12. The van der Waals surface area contributed by atoms with E-state index in [4.69, 9.17) is 0 Å². The van der Waals surface area contributed by atoms with Gasteiger partial charge >= 0.3 is 0 Å². The van der Waals surface area contributed by atoms with Crippen molar-refractivity contribution in [3.05, 3.63) is 28.7 Å². The minimum Gasteiger partial charge on any atom is -0.348 e. The largest absolute Gasteiger partial charge is 0.348 e. The Morgan fingerprint density at radius 1 is 1.32 bits per heavy atom. The number of nitrogens with one attached hydrogen (secondary N) is 1. The van der Waals surface area contributed by atoms with Gasteiger partial charge in [-0.1, -0.05) is 6.92 Å². The first-order chi connectivity index (χ1) is 10.8. The second-order valence-electron chi connectivity index (χ2n) is 5.76. The lowest BCUT2D eigenvalue weighted by atomic mass is 9.91. The van der Waals surface area contributed by atoms with Crippen LogP contribution in [-0.4, -0.2) is 31.7 Å². The van der Waals surface area contributed by atoms with Crippen LogP contribution in [-0.2, 0) is 6.42 Å². The van der Waals surface area contributed by atoms with Crippen LogP contribution >= 0.6 is 11.3 Å². The quantitative estimate of drug-likeness (QED) is 0.919. The summed E-state index contributed by atoms with van der Waals surface area (Å²) in [7, 11) is 0. The molecule has 1 N–H and O–H groups in total. The number of carbonyl (C=O) groups is 1. The van der Waals surface area contributed by atoms with Gasteiger partial charge in [-0.2, -0.15) is 0 Å². The first-order valence-corrected chi connectivity index (χ1v) is 8.73. The van der Waals surface area contributed by atoms with E-state index in [1.165, 1.54) is 0 Å². The molecule has 1 fully saturated rings. The predicted molar refractivity (Wildman–Crippen MR) is 84.9 cm³/mol. The van der Waals surface area contributed by atoms with Gasteiger partial charge in [-0.15, -0.1) is 21.5 Å². The van der Waals surface area contributed by atoms with Gasteiger partial charge in [0.25, 0.3) is 5.91 Å². The molecule has 1 aliphatic rings. The Hall–Kier alpha value is -1.76. The number of amides is 1. The Morgan fingerprint density at radius 2 is 2.05 bits per heavy atom. The second-order valence-corrected chi connectivity index (χ2v) is 6.71. The number of hydrogen-bond acceptors (Lipinski definition) is 5. The predicted octanol–water partition coefficient (Wildman–Crippen LogP) is 2.60. The Kier molecular flexibility index (Phi) is 4.82. The maximum atomic E-state index is 12.2. The Morgan fingerprint density at radius 3 is 2.73 bits per heavy atom. The van der Waals surface area contributed by atoms with E-state index >= 15 is 0 Å². The number of carbonyl (C=O) groups excluding carboxylic acids is 1. The first-order valence-electron chi connectivity index (χ1n) is 7.85.